The topological polar surface area (TPSA) is 60.6 Å². The number of likely N-dealkylation sites (tertiary alicyclic amines) is 1. The number of hydrogen-bond acceptors (Lipinski definition) is 6. The summed E-state index contributed by atoms with van der Waals surface area (Å²) in [5.41, 5.74) is 1.21. The Bertz CT molecular complexity index is 661. The minimum Gasteiger partial charge on any atom is -0.376 e. The largest absolute Gasteiger partial charge is 0.376 e. The van der Waals surface area contributed by atoms with Crippen LogP contribution in [0.5, 0.6) is 0 Å². The van der Waals surface area contributed by atoms with Crippen LogP contribution in [-0.2, 0) is 16.1 Å². The maximum Gasteiger partial charge on any atom is 0.232 e. The van der Waals surface area contributed by atoms with E-state index < -0.39 is 0 Å². The normalized spacial score (nSPS) is 26.8. The zero-order valence-electron chi connectivity index (χ0n) is 13.9. The van der Waals surface area contributed by atoms with Crippen LogP contribution in [0.1, 0.15) is 23.2 Å². The molecule has 0 bridgehead atoms. The quantitative estimate of drug-likeness (QED) is 0.756. The Morgan fingerprint density at radius 3 is 2.92 bits per heavy atom. The van der Waals surface area contributed by atoms with E-state index in [0.29, 0.717) is 25.0 Å². The summed E-state index contributed by atoms with van der Waals surface area (Å²) in [4.78, 5) is 6.80. The fourth-order valence-corrected chi connectivity index (χ4v) is 3.65. The zero-order chi connectivity index (χ0) is 16.4. The summed E-state index contributed by atoms with van der Waals surface area (Å²) in [5, 5.41) is 3.91. The van der Waals surface area contributed by atoms with Gasteiger partial charge in [0.05, 0.1) is 31.8 Å². The van der Waals surface area contributed by atoms with Crippen molar-refractivity contribution in [1.29, 1.82) is 0 Å². The van der Waals surface area contributed by atoms with Crippen LogP contribution >= 0.6 is 0 Å². The second kappa shape index (κ2) is 7.01. The van der Waals surface area contributed by atoms with Gasteiger partial charge in [-0.05, 0) is 12.5 Å². The highest BCUT2D eigenvalue weighted by Gasteiger charge is 2.46. The van der Waals surface area contributed by atoms with E-state index >= 15 is 0 Å². The molecule has 6 nitrogen and oxygen atoms in total. The molecule has 0 spiro atoms. The number of fused-ring (bicyclic) bond motifs is 1. The van der Waals surface area contributed by atoms with Gasteiger partial charge in [-0.2, -0.15) is 4.98 Å². The molecule has 3 atom stereocenters. The van der Waals surface area contributed by atoms with Crippen LogP contribution < -0.4 is 0 Å². The highest BCUT2D eigenvalue weighted by molar-refractivity contribution is 5.13. The number of rotatable bonds is 6. The van der Waals surface area contributed by atoms with Gasteiger partial charge in [0.15, 0.2) is 5.82 Å². The van der Waals surface area contributed by atoms with Gasteiger partial charge in [0.1, 0.15) is 0 Å². The summed E-state index contributed by atoms with van der Waals surface area (Å²) in [6, 6.07) is 10.3. The average molecular weight is 329 g/mol. The second-order valence-electron chi connectivity index (χ2n) is 6.62. The lowest BCUT2D eigenvalue weighted by molar-refractivity contribution is 0.0756. The maximum absolute atomic E-state index is 5.95. The van der Waals surface area contributed by atoms with E-state index in [-0.39, 0.29) is 12.0 Å². The Morgan fingerprint density at radius 2 is 2.12 bits per heavy atom. The number of benzene rings is 1. The second-order valence-corrected chi connectivity index (χ2v) is 6.62. The molecule has 3 heterocycles. The molecule has 24 heavy (non-hydrogen) atoms. The van der Waals surface area contributed by atoms with Crippen molar-refractivity contribution in [2.24, 2.45) is 5.92 Å². The Hall–Kier alpha value is -1.76. The van der Waals surface area contributed by atoms with Crippen LogP contribution in [0.25, 0.3) is 0 Å². The predicted octanol–water partition coefficient (Wildman–Crippen LogP) is 2.01. The first-order chi connectivity index (χ1) is 11.8. The van der Waals surface area contributed by atoms with E-state index in [1.165, 1.54) is 5.56 Å². The van der Waals surface area contributed by atoms with Gasteiger partial charge in [0.2, 0.25) is 5.89 Å². The Kier molecular flexibility index (Phi) is 4.60. The molecule has 2 aromatic rings. The van der Waals surface area contributed by atoms with Crippen LogP contribution in [0.3, 0.4) is 0 Å². The first kappa shape index (κ1) is 15.7. The summed E-state index contributed by atoms with van der Waals surface area (Å²) in [7, 11) is 0. The van der Waals surface area contributed by atoms with E-state index in [2.05, 4.69) is 27.2 Å². The smallest absolute Gasteiger partial charge is 0.232 e. The number of nitrogens with zero attached hydrogens (tertiary/aromatic N) is 3. The third-order valence-electron chi connectivity index (χ3n) is 4.92. The van der Waals surface area contributed by atoms with E-state index in [0.717, 1.165) is 32.1 Å². The van der Waals surface area contributed by atoms with Crippen molar-refractivity contribution in [1.82, 2.24) is 15.0 Å². The predicted molar refractivity (Wildman–Crippen MR) is 87.5 cm³/mol. The fraction of sp³-hybridized carbons (Fsp3) is 0.556. The van der Waals surface area contributed by atoms with Gasteiger partial charge in [-0.3, -0.25) is 4.90 Å². The number of hydrogen-bond donors (Lipinski definition) is 0. The van der Waals surface area contributed by atoms with Crippen molar-refractivity contribution >= 4 is 0 Å². The van der Waals surface area contributed by atoms with Crippen molar-refractivity contribution in [3.8, 4) is 0 Å². The lowest BCUT2D eigenvalue weighted by Gasteiger charge is -2.18. The van der Waals surface area contributed by atoms with Crippen LogP contribution in [0, 0.1) is 12.8 Å². The Balaban J connectivity index is 1.25. The first-order valence-electron chi connectivity index (χ1n) is 8.55. The van der Waals surface area contributed by atoms with Gasteiger partial charge >= 0.3 is 0 Å². The lowest BCUT2D eigenvalue weighted by atomic mass is 9.93. The zero-order valence-corrected chi connectivity index (χ0v) is 13.9. The van der Waals surface area contributed by atoms with E-state index in [4.69, 9.17) is 14.0 Å². The van der Waals surface area contributed by atoms with E-state index in [1.54, 1.807) is 0 Å². The molecule has 1 aromatic carbocycles. The lowest BCUT2D eigenvalue weighted by Crippen LogP contribution is -2.28. The SMILES string of the molecule is Cc1noc([C@@H]2CO[C@H]3CN(CCOCc4ccccc4)C[C@H]32)n1. The summed E-state index contributed by atoms with van der Waals surface area (Å²) in [6.45, 7) is 6.84. The maximum atomic E-state index is 5.95. The van der Waals surface area contributed by atoms with Crippen molar-refractivity contribution in [2.75, 3.05) is 32.8 Å². The summed E-state index contributed by atoms with van der Waals surface area (Å²) in [6.07, 6.45) is 0.274. The summed E-state index contributed by atoms with van der Waals surface area (Å²) < 4.78 is 17.1. The van der Waals surface area contributed by atoms with Crippen LogP contribution in [0.2, 0.25) is 0 Å². The van der Waals surface area contributed by atoms with Crippen molar-refractivity contribution in [2.45, 2.75) is 25.6 Å². The summed E-state index contributed by atoms with van der Waals surface area (Å²) in [5.74, 6) is 2.09. The molecule has 2 aliphatic rings. The van der Waals surface area contributed by atoms with Gasteiger partial charge in [-0.15, -0.1) is 0 Å². The number of aryl methyl sites for hydroxylation is 1. The molecular formula is C18H23N3O3. The molecular weight excluding hydrogens is 306 g/mol. The highest BCUT2D eigenvalue weighted by Crippen LogP contribution is 2.39. The molecule has 0 radical (unpaired) electrons. The van der Waals surface area contributed by atoms with E-state index in [9.17, 15) is 0 Å². The Labute approximate surface area is 141 Å². The molecule has 4 rings (SSSR count). The van der Waals surface area contributed by atoms with Gasteiger partial charge in [-0.25, -0.2) is 0 Å². The molecule has 1 aromatic heterocycles. The van der Waals surface area contributed by atoms with Crippen molar-refractivity contribution in [3.63, 3.8) is 0 Å². The third kappa shape index (κ3) is 3.36. The van der Waals surface area contributed by atoms with Gasteiger partial charge in [0, 0.05) is 25.6 Å². The van der Waals surface area contributed by atoms with E-state index in [1.807, 2.05) is 25.1 Å². The monoisotopic (exact) mass is 329 g/mol. The minimum absolute atomic E-state index is 0.228. The molecule has 128 valence electrons. The van der Waals surface area contributed by atoms with Gasteiger partial charge < -0.3 is 14.0 Å². The number of aromatic nitrogens is 2. The Morgan fingerprint density at radius 1 is 1.25 bits per heavy atom. The third-order valence-corrected chi connectivity index (χ3v) is 4.92. The molecule has 2 aliphatic heterocycles. The molecule has 0 N–H and O–H groups in total. The fourth-order valence-electron chi connectivity index (χ4n) is 3.65. The number of ether oxygens (including phenoxy) is 2. The first-order valence-corrected chi connectivity index (χ1v) is 8.55. The molecule has 0 saturated carbocycles. The standard InChI is InChI=1S/C18H23N3O3/c1-13-19-18(24-20-13)16-12-23-17-10-21(9-15(16)17)7-8-22-11-14-5-3-2-4-6-14/h2-6,15-17H,7-12H2,1H3/t15-,16+,17-/m0/s1. The molecule has 2 saturated heterocycles. The molecule has 0 amide bonds. The van der Waals surface area contributed by atoms with Crippen LogP contribution in [-0.4, -0.2) is 54.0 Å². The van der Waals surface area contributed by atoms with Crippen molar-refractivity contribution in [3.05, 3.63) is 47.6 Å². The van der Waals surface area contributed by atoms with Crippen LogP contribution in [0.4, 0.5) is 0 Å². The molecule has 2 fully saturated rings. The van der Waals surface area contributed by atoms with Gasteiger partial charge in [-0.1, -0.05) is 35.5 Å². The summed E-state index contributed by atoms with van der Waals surface area (Å²) >= 11 is 0. The van der Waals surface area contributed by atoms with Crippen molar-refractivity contribution < 1.29 is 14.0 Å². The highest BCUT2D eigenvalue weighted by atomic mass is 16.5. The molecule has 0 aliphatic carbocycles. The van der Waals surface area contributed by atoms with Gasteiger partial charge in [0.25, 0.3) is 0 Å². The minimum atomic E-state index is 0.228. The molecule has 0 unspecified atom stereocenters. The molecule has 6 heteroatoms. The average Bonchev–Trinajstić information content (AvgIpc) is 3.28. The van der Waals surface area contributed by atoms with Crippen LogP contribution in [0.15, 0.2) is 34.9 Å².